The quantitative estimate of drug-likeness (QED) is 0.268. The number of allylic oxidation sites excluding steroid dienone is 2. The average Bonchev–Trinajstić information content (AvgIpc) is 3.01. The minimum atomic E-state index is -1.41. The first-order valence-corrected chi connectivity index (χ1v) is 18.5. The van der Waals surface area contributed by atoms with Crippen molar-refractivity contribution in [2.75, 3.05) is 13.2 Å². The SMILES string of the molecule is CC1(C)CC[C@]2(C(=O)O)CC[C@]3(C)C(=CC[C@@H]4[C@@]5(C)CC[C@@H]6O[C@H](C[C@H]7O[C@H](CO)[C@H](O)[C@H](O)[C@H]7O)OC[C@@]6(C)[C@@H]5CC[C@]43C)[C@@H]2C1. The summed E-state index contributed by atoms with van der Waals surface area (Å²) in [4.78, 5) is 13.0. The number of aliphatic hydroxyl groups excluding tert-OH is 4. The maximum atomic E-state index is 13.0. The van der Waals surface area contributed by atoms with E-state index in [0.717, 1.165) is 64.2 Å². The summed E-state index contributed by atoms with van der Waals surface area (Å²) in [5, 5.41) is 51.4. The molecule has 47 heavy (non-hydrogen) atoms. The van der Waals surface area contributed by atoms with Gasteiger partial charge in [0.2, 0.25) is 0 Å². The fourth-order valence-electron chi connectivity index (χ4n) is 13.0. The molecule has 0 aromatic heterocycles. The molecule has 5 N–H and O–H groups in total. The van der Waals surface area contributed by atoms with Crippen LogP contribution in [0.3, 0.4) is 0 Å². The highest BCUT2D eigenvalue weighted by Crippen LogP contribution is 2.76. The van der Waals surface area contributed by atoms with E-state index >= 15 is 0 Å². The lowest BCUT2D eigenvalue weighted by molar-refractivity contribution is -0.326. The smallest absolute Gasteiger partial charge is 0.310 e. The zero-order valence-corrected chi connectivity index (χ0v) is 29.4. The standard InChI is InChI=1S/C38H60O9/c1-33(2)13-15-38(32(43)44)16-14-36(5)21(22(38)18-33)7-8-26-34(3)11-10-27-35(4,25(34)9-12-37(26,36)6)20-45-28(47-27)17-23-29(40)31(42)30(41)24(19-39)46-23/h7,22-31,39-42H,8-20H2,1-6H3,(H,43,44)/t22-,23+,24+,25+,26+,27-,28+,29-,30-,31+,34-,35-,36+,37+,38-/m0/s1. The highest BCUT2D eigenvalue weighted by molar-refractivity contribution is 5.76. The Morgan fingerprint density at radius 2 is 1.53 bits per heavy atom. The Bertz CT molecular complexity index is 1280. The van der Waals surface area contributed by atoms with Gasteiger partial charge in [0.25, 0.3) is 0 Å². The van der Waals surface area contributed by atoms with Crippen molar-refractivity contribution in [1.82, 2.24) is 0 Å². The van der Waals surface area contributed by atoms with Gasteiger partial charge in [-0.25, -0.2) is 0 Å². The molecule has 0 aromatic rings. The summed E-state index contributed by atoms with van der Waals surface area (Å²) in [6.07, 6.45) is 5.87. The zero-order valence-electron chi connectivity index (χ0n) is 29.4. The minimum Gasteiger partial charge on any atom is -0.481 e. The molecule has 2 saturated heterocycles. The Labute approximate surface area is 280 Å². The molecule has 2 heterocycles. The number of ether oxygens (including phenoxy) is 3. The van der Waals surface area contributed by atoms with Crippen LogP contribution in [0, 0.1) is 50.2 Å². The minimum absolute atomic E-state index is 0.00539. The molecule has 7 rings (SSSR count). The first kappa shape index (κ1) is 34.4. The van der Waals surface area contributed by atoms with Crippen LogP contribution in [0.25, 0.3) is 0 Å². The fraction of sp³-hybridized carbons (Fsp3) is 0.921. The average molecular weight is 661 g/mol. The molecular weight excluding hydrogens is 600 g/mol. The Balaban J connectivity index is 1.12. The molecule has 2 aliphatic heterocycles. The van der Waals surface area contributed by atoms with E-state index in [4.69, 9.17) is 14.2 Å². The normalized spacial score (nSPS) is 55.3. The first-order valence-electron chi connectivity index (χ1n) is 18.5. The van der Waals surface area contributed by atoms with Gasteiger partial charge in [-0.05, 0) is 104 Å². The topological polar surface area (TPSA) is 146 Å². The van der Waals surface area contributed by atoms with Crippen LogP contribution >= 0.6 is 0 Å². The van der Waals surface area contributed by atoms with E-state index in [1.165, 1.54) is 5.57 Å². The van der Waals surface area contributed by atoms with Crippen LogP contribution in [0.15, 0.2) is 11.6 Å². The molecule has 4 saturated carbocycles. The molecule has 6 fully saturated rings. The van der Waals surface area contributed by atoms with Gasteiger partial charge in [-0.15, -0.1) is 0 Å². The Morgan fingerprint density at radius 3 is 2.23 bits per heavy atom. The molecule has 0 spiro atoms. The Hall–Kier alpha value is -1.07. The maximum absolute atomic E-state index is 13.0. The van der Waals surface area contributed by atoms with Crippen LogP contribution in [0.1, 0.15) is 112 Å². The lowest BCUT2D eigenvalue weighted by atomic mass is 9.33. The van der Waals surface area contributed by atoms with Crippen molar-refractivity contribution in [3.63, 3.8) is 0 Å². The third-order valence-corrected chi connectivity index (χ3v) is 16.1. The van der Waals surface area contributed by atoms with Crippen molar-refractivity contribution in [3.05, 3.63) is 11.6 Å². The van der Waals surface area contributed by atoms with E-state index in [1.807, 2.05) is 0 Å². The van der Waals surface area contributed by atoms with Crippen LogP contribution in [0.2, 0.25) is 0 Å². The monoisotopic (exact) mass is 660 g/mol. The van der Waals surface area contributed by atoms with Gasteiger partial charge in [-0.2, -0.15) is 0 Å². The predicted molar refractivity (Wildman–Crippen MR) is 174 cm³/mol. The molecule has 0 bridgehead atoms. The van der Waals surface area contributed by atoms with E-state index in [-0.39, 0.29) is 45.5 Å². The highest BCUT2D eigenvalue weighted by atomic mass is 16.7. The molecule has 266 valence electrons. The summed E-state index contributed by atoms with van der Waals surface area (Å²) in [7, 11) is 0. The van der Waals surface area contributed by atoms with E-state index < -0.39 is 54.8 Å². The molecule has 0 amide bonds. The van der Waals surface area contributed by atoms with E-state index in [9.17, 15) is 30.3 Å². The van der Waals surface area contributed by atoms with Gasteiger partial charge in [0, 0.05) is 11.8 Å². The predicted octanol–water partition coefficient (Wildman–Crippen LogP) is 4.83. The molecule has 7 aliphatic rings. The maximum Gasteiger partial charge on any atom is 0.310 e. The van der Waals surface area contributed by atoms with Gasteiger partial charge < -0.3 is 39.7 Å². The molecule has 9 heteroatoms. The third kappa shape index (κ3) is 4.76. The van der Waals surface area contributed by atoms with Gasteiger partial charge in [0.15, 0.2) is 6.29 Å². The molecule has 0 unspecified atom stereocenters. The Kier molecular flexibility index (Phi) is 8.20. The van der Waals surface area contributed by atoms with Gasteiger partial charge in [0.1, 0.15) is 24.4 Å². The number of hydrogen-bond acceptors (Lipinski definition) is 8. The van der Waals surface area contributed by atoms with E-state index in [0.29, 0.717) is 18.4 Å². The molecular formula is C38H60O9. The second kappa shape index (κ2) is 11.2. The van der Waals surface area contributed by atoms with Crippen molar-refractivity contribution >= 4 is 5.97 Å². The highest BCUT2D eigenvalue weighted by Gasteiger charge is 2.70. The summed E-state index contributed by atoms with van der Waals surface area (Å²) in [5.74, 6) is 0.423. The van der Waals surface area contributed by atoms with E-state index in [1.54, 1.807) is 0 Å². The van der Waals surface area contributed by atoms with Crippen molar-refractivity contribution in [1.29, 1.82) is 0 Å². The molecule has 5 aliphatic carbocycles. The molecule has 15 atom stereocenters. The molecule has 0 aromatic carbocycles. The van der Waals surface area contributed by atoms with Crippen molar-refractivity contribution in [2.45, 2.75) is 155 Å². The molecule has 9 nitrogen and oxygen atoms in total. The van der Waals surface area contributed by atoms with Gasteiger partial charge in [0.05, 0.1) is 30.8 Å². The number of aliphatic hydroxyl groups is 4. The van der Waals surface area contributed by atoms with Crippen LogP contribution in [0.5, 0.6) is 0 Å². The van der Waals surface area contributed by atoms with E-state index in [2.05, 4.69) is 47.6 Å². The molecule has 0 radical (unpaired) electrons. The number of fused-ring (bicyclic) bond motifs is 9. The summed E-state index contributed by atoms with van der Waals surface area (Å²) < 4.78 is 18.9. The number of carboxylic acid groups (broad SMARTS) is 1. The zero-order chi connectivity index (χ0) is 33.9. The van der Waals surface area contributed by atoms with Gasteiger partial charge >= 0.3 is 5.97 Å². The van der Waals surface area contributed by atoms with Crippen LogP contribution in [-0.2, 0) is 19.0 Å². The van der Waals surface area contributed by atoms with Gasteiger partial charge in [-0.3, -0.25) is 4.79 Å². The number of carbonyl (C=O) groups is 1. The second-order valence-electron chi connectivity index (χ2n) is 18.7. The second-order valence-corrected chi connectivity index (χ2v) is 18.7. The van der Waals surface area contributed by atoms with Crippen molar-refractivity contribution < 1.29 is 44.5 Å². The number of carboxylic acids is 1. The number of hydrogen-bond donors (Lipinski definition) is 5. The van der Waals surface area contributed by atoms with Crippen molar-refractivity contribution in [3.8, 4) is 0 Å². The Morgan fingerprint density at radius 1 is 0.830 bits per heavy atom. The number of aliphatic carboxylic acids is 1. The first-order chi connectivity index (χ1) is 22.0. The van der Waals surface area contributed by atoms with Crippen LogP contribution < -0.4 is 0 Å². The van der Waals surface area contributed by atoms with Crippen LogP contribution in [0.4, 0.5) is 0 Å². The summed E-state index contributed by atoms with van der Waals surface area (Å²) in [6.45, 7) is 14.6. The van der Waals surface area contributed by atoms with Gasteiger partial charge in [-0.1, -0.05) is 53.2 Å². The third-order valence-electron chi connectivity index (χ3n) is 16.1. The summed E-state index contributed by atoms with van der Waals surface area (Å²) >= 11 is 0. The lowest BCUT2D eigenvalue weighted by Crippen LogP contribution is -2.67. The van der Waals surface area contributed by atoms with Crippen LogP contribution in [-0.4, -0.2) is 87.6 Å². The fourth-order valence-corrected chi connectivity index (χ4v) is 13.0. The van der Waals surface area contributed by atoms with Crippen molar-refractivity contribution in [2.24, 2.45) is 50.2 Å². The largest absolute Gasteiger partial charge is 0.481 e. The summed E-state index contributed by atoms with van der Waals surface area (Å²) in [6, 6.07) is 0. The number of rotatable bonds is 4. The summed E-state index contributed by atoms with van der Waals surface area (Å²) in [5.41, 5.74) is 0.962. The lowest BCUT2D eigenvalue weighted by Gasteiger charge is -2.72.